The van der Waals surface area contributed by atoms with Gasteiger partial charge in [0.05, 0.1) is 16.1 Å². The molecule has 170 valence electrons. The highest BCUT2D eigenvalue weighted by atomic mass is 32.2. The number of primary amides is 1. The number of amides is 1. The molecule has 0 aliphatic heterocycles. The summed E-state index contributed by atoms with van der Waals surface area (Å²) in [6.07, 6.45) is 2.27. The minimum atomic E-state index is -3.88. The summed E-state index contributed by atoms with van der Waals surface area (Å²) >= 11 is 0. The Bertz CT molecular complexity index is 1330. The number of rotatable bonds is 8. The van der Waals surface area contributed by atoms with Crippen molar-refractivity contribution in [2.45, 2.75) is 17.7 Å². The monoisotopic (exact) mass is 465 g/mol. The SMILES string of the molecule is NC(=O)c1cc(/C=C(\CCc2ccccc2)C(=O)O)cc(-c2ccc(S(N)(=O)=O)cc2)c1N. The van der Waals surface area contributed by atoms with E-state index in [2.05, 4.69) is 0 Å². The Morgan fingerprint density at radius 2 is 1.61 bits per heavy atom. The first-order valence-electron chi connectivity index (χ1n) is 9.90. The fraction of sp³-hybridized carbons (Fsp3) is 0.0833. The van der Waals surface area contributed by atoms with Crippen LogP contribution in [-0.4, -0.2) is 25.4 Å². The zero-order chi connectivity index (χ0) is 24.2. The fourth-order valence-corrected chi connectivity index (χ4v) is 3.91. The number of carboxylic acids is 1. The summed E-state index contributed by atoms with van der Waals surface area (Å²) in [6.45, 7) is 0. The smallest absolute Gasteiger partial charge is 0.331 e. The summed E-state index contributed by atoms with van der Waals surface area (Å²) in [5.74, 6) is -1.85. The molecule has 1 amide bonds. The predicted molar refractivity (Wildman–Crippen MR) is 127 cm³/mol. The van der Waals surface area contributed by atoms with Gasteiger partial charge in [0.2, 0.25) is 10.0 Å². The van der Waals surface area contributed by atoms with Gasteiger partial charge in [-0.15, -0.1) is 0 Å². The number of carbonyl (C=O) groups excluding carboxylic acids is 1. The van der Waals surface area contributed by atoms with Crippen molar-refractivity contribution in [1.29, 1.82) is 0 Å². The molecular weight excluding hydrogens is 442 g/mol. The normalized spacial score (nSPS) is 11.8. The van der Waals surface area contributed by atoms with E-state index in [0.29, 0.717) is 23.1 Å². The second-order valence-corrected chi connectivity index (χ2v) is 8.99. The fourth-order valence-electron chi connectivity index (χ4n) is 3.39. The van der Waals surface area contributed by atoms with Crippen LogP contribution in [0.2, 0.25) is 0 Å². The van der Waals surface area contributed by atoms with Gasteiger partial charge in [0, 0.05) is 11.1 Å². The molecule has 0 unspecified atom stereocenters. The number of anilines is 1. The highest BCUT2D eigenvalue weighted by Gasteiger charge is 2.16. The molecule has 0 bridgehead atoms. The van der Waals surface area contributed by atoms with Gasteiger partial charge in [-0.2, -0.15) is 0 Å². The molecular formula is C24H23N3O5S. The highest BCUT2D eigenvalue weighted by molar-refractivity contribution is 7.89. The van der Waals surface area contributed by atoms with Crippen molar-refractivity contribution < 1.29 is 23.1 Å². The molecule has 3 aromatic rings. The van der Waals surface area contributed by atoms with Gasteiger partial charge in [-0.3, -0.25) is 4.79 Å². The average Bonchev–Trinajstić information content (AvgIpc) is 2.77. The second kappa shape index (κ2) is 9.68. The third-order valence-corrected chi connectivity index (χ3v) is 6.03. The highest BCUT2D eigenvalue weighted by Crippen LogP contribution is 2.32. The number of sulfonamides is 1. The van der Waals surface area contributed by atoms with Crippen LogP contribution in [0.4, 0.5) is 5.69 Å². The van der Waals surface area contributed by atoms with Crippen LogP contribution in [0.3, 0.4) is 0 Å². The molecule has 0 radical (unpaired) electrons. The molecule has 0 fully saturated rings. The summed E-state index contributed by atoms with van der Waals surface area (Å²) in [7, 11) is -3.88. The molecule has 0 aliphatic carbocycles. The predicted octanol–water partition coefficient (Wildman–Crippen LogP) is 2.78. The van der Waals surface area contributed by atoms with Crippen LogP contribution in [0.25, 0.3) is 17.2 Å². The van der Waals surface area contributed by atoms with Gasteiger partial charge in [-0.1, -0.05) is 42.5 Å². The number of aliphatic carboxylic acids is 1. The van der Waals surface area contributed by atoms with E-state index in [1.165, 1.54) is 36.4 Å². The molecule has 0 spiro atoms. The largest absolute Gasteiger partial charge is 0.478 e. The lowest BCUT2D eigenvalue weighted by Gasteiger charge is -2.13. The molecule has 0 saturated heterocycles. The maximum absolute atomic E-state index is 12.0. The Morgan fingerprint density at radius 3 is 2.15 bits per heavy atom. The van der Waals surface area contributed by atoms with Crippen molar-refractivity contribution in [2.24, 2.45) is 10.9 Å². The first-order valence-corrected chi connectivity index (χ1v) is 11.4. The van der Waals surface area contributed by atoms with E-state index < -0.39 is 21.9 Å². The Morgan fingerprint density at radius 1 is 0.970 bits per heavy atom. The van der Waals surface area contributed by atoms with Crippen LogP contribution in [0.5, 0.6) is 0 Å². The number of hydrogen-bond acceptors (Lipinski definition) is 5. The zero-order valence-electron chi connectivity index (χ0n) is 17.6. The van der Waals surface area contributed by atoms with E-state index in [4.69, 9.17) is 16.6 Å². The number of nitrogens with two attached hydrogens (primary N) is 3. The third kappa shape index (κ3) is 5.85. The minimum absolute atomic E-state index is 0.0297. The van der Waals surface area contributed by atoms with Crippen molar-refractivity contribution in [3.05, 3.63) is 89.0 Å². The van der Waals surface area contributed by atoms with Crippen molar-refractivity contribution in [1.82, 2.24) is 0 Å². The second-order valence-electron chi connectivity index (χ2n) is 7.42. The van der Waals surface area contributed by atoms with Crippen molar-refractivity contribution in [3.63, 3.8) is 0 Å². The van der Waals surface area contributed by atoms with Crippen LogP contribution >= 0.6 is 0 Å². The summed E-state index contributed by atoms with van der Waals surface area (Å²) in [5.41, 5.74) is 14.3. The van der Waals surface area contributed by atoms with E-state index >= 15 is 0 Å². The van der Waals surface area contributed by atoms with Crippen LogP contribution in [0.1, 0.15) is 27.9 Å². The number of carbonyl (C=O) groups is 2. The van der Waals surface area contributed by atoms with Gasteiger partial charge in [-0.05, 0) is 59.9 Å². The average molecular weight is 466 g/mol. The maximum atomic E-state index is 12.0. The van der Waals surface area contributed by atoms with E-state index in [1.54, 1.807) is 6.07 Å². The zero-order valence-corrected chi connectivity index (χ0v) is 18.4. The molecule has 0 heterocycles. The van der Waals surface area contributed by atoms with E-state index in [9.17, 15) is 23.1 Å². The topological polar surface area (TPSA) is 167 Å². The lowest BCUT2D eigenvalue weighted by atomic mass is 9.95. The molecule has 0 aliphatic rings. The quantitative estimate of drug-likeness (QED) is 0.295. The standard InChI is InChI=1S/C24H23N3O5S/c25-22-20(17-8-10-19(11-9-17)33(27,31)32)13-16(14-21(22)23(26)28)12-18(24(29)30)7-6-15-4-2-1-3-5-15/h1-5,8-14H,6-7,25H2,(H2,26,28)(H,29,30)(H2,27,31,32)/b18-12+. The van der Waals surface area contributed by atoms with Crippen LogP contribution in [-0.2, 0) is 21.2 Å². The summed E-state index contributed by atoms with van der Waals surface area (Å²) < 4.78 is 23.0. The molecule has 9 heteroatoms. The molecule has 0 saturated carbocycles. The maximum Gasteiger partial charge on any atom is 0.331 e. The number of hydrogen-bond donors (Lipinski definition) is 4. The Hall–Kier alpha value is -3.95. The van der Waals surface area contributed by atoms with Gasteiger partial charge in [0.1, 0.15) is 0 Å². The van der Waals surface area contributed by atoms with Gasteiger partial charge in [0.15, 0.2) is 0 Å². The van der Waals surface area contributed by atoms with Gasteiger partial charge in [-0.25, -0.2) is 18.4 Å². The van der Waals surface area contributed by atoms with Gasteiger partial charge < -0.3 is 16.6 Å². The van der Waals surface area contributed by atoms with E-state index in [1.807, 2.05) is 30.3 Å². The third-order valence-electron chi connectivity index (χ3n) is 5.10. The first kappa shape index (κ1) is 23.7. The lowest BCUT2D eigenvalue weighted by molar-refractivity contribution is -0.132. The molecule has 7 N–H and O–H groups in total. The van der Waals surface area contributed by atoms with Gasteiger partial charge in [0.25, 0.3) is 5.91 Å². The van der Waals surface area contributed by atoms with Crippen LogP contribution in [0.15, 0.2) is 77.2 Å². The number of benzene rings is 3. The van der Waals surface area contributed by atoms with Crippen LogP contribution in [0, 0.1) is 0 Å². The van der Waals surface area contributed by atoms with Crippen LogP contribution < -0.4 is 16.6 Å². The molecule has 3 rings (SSSR count). The Labute approximate surface area is 191 Å². The van der Waals surface area contributed by atoms with Crippen molar-refractivity contribution in [2.75, 3.05) is 5.73 Å². The van der Waals surface area contributed by atoms with Crippen molar-refractivity contribution >= 4 is 33.7 Å². The lowest BCUT2D eigenvalue weighted by Crippen LogP contribution is -2.14. The Balaban J connectivity index is 2.05. The van der Waals surface area contributed by atoms with Crippen molar-refractivity contribution in [3.8, 4) is 11.1 Å². The molecule has 33 heavy (non-hydrogen) atoms. The van der Waals surface area contributed by atoms with Gasteiger partial charge >= 0.3 is 5.97 Å². The number of aryl methyl sites for hydroxylation is 1. The molecule has 0 atom stereocenters. The molecule has 0 aromatic heterocycles. The first-order chi connectivity index (χ1) is 15.6. The summed E-state index contributed by atoms with van der Waals surface area (Å²) in [5, 5.41) is 14.8. The number of nitrogen functional groups attached to an aromatic ring is 1. The summed E-state index contributed by atoms with van der Waals surface area (Å²) in [6, 6.07) is 18.2. The van der Waals surface area contributed by atoms with E-state index in [0.717, 1.165) is 5.56 Å². The Kier molecular flexibility index (Phi) is 6.95. The number of primary sulfonamides is 1. The summed E-state index contributed by atoms with van der Waals surface area (Å²) in [4.78, 5) is 23.7. The minimum Gasteiger partial charge on any atom is -0.478 e. The molecule has 8 nitrogen and oxygen atoms in total. The number of carboxylic acid groups (broad SMARTS) is 1. The van der Waals surface area contributed by atoms with E-state index in [-0.39, 0.29) is 28.1 Å². The molecule has 3 aromatic carbocycles.